The number of Topliss-reactive ketones (excluding diaryl/α,β-unsaturated/α-hetero) is 1. The molecule has 1 aromatic heterocycles. The number of carbonyl (C=O) groups is 1. The molecule has 0 saturated carbocycles. The summed E-state index contributed by atoms with van der Waals surface area (Å²) in [5.74, 6) is -1.03. The van der Waals surface area contributed by atoms with Crippen molar-refractivity contribution in [2.45, 2.75) is 18.9 Å². The number of nitrogens with zero attached hydrogens (tertiary/aromatic N) is 1. The van der Waals surface area contributed by atoms with E-state index in [9.17, 15) is 26.4 Å². The first kappa shape index (κ1) is 16.2. The third-order valence-electron chi connectivity index (χ3n) is 2.77. The first-order chi connectivity index (χ1) is 10.2. The lowest BCUT2D eigenvalue weighted by Crippen LogP contribution is -2.28. The SMILES string of the molecule is CCC(=O)c1cc(OS(=O)(=O)C(F)(F)F)c2ccccc2n1. The molecule has 118 valence electrons. The number of carbonyl (C=O) groups excluding carboxylic acids is 1. The Hall–Kier alpha value is -2.16. The largest absolute Gasteiger partial charge is 0.534 e. The summed E-state index contributed by atoms with van der Waals surface area (Å²) in [6.45, 7) is 1.55. The van der Waals surface area contributed by atoms with Gasteiger partial charge in [-0.2, -0.15) is 21.6 Å². The number of hydrogen-bond acceptors (Lipinski definition) is 5. The first-order valence-electron chi connectivity index (χ1n) is 6.09. The summed E-state index contributed by atoms with van der Waals surface area (Å²) in [4.78, 5) is 15.7. The van der Waals surface area contributed by atoms with E-state index < -0.39 is 27.2 Å². The maximum Gasteiger partial charge on any atom is 0.534 e. The molecule has 0 spiro atoms. The van der Waals surface area contributed by atoms with Crippen LogP contribution in [0.1, 0.15) is 23.8 Å². The molecule has 2 rings (SSSR count). The van der Waals surface area contributed by atoms with Crippen LogP contribution in [0.25, 0.3) is 10.9 Å². The van der Waals surface area contributed by atoms with Crippen LogP contribution in [0.3, 0.4) is 0 Å². The summed E-state index contributed by atoms with van der Waals surface area (Å²) in [6.07, 6.45) is 0.0663. The zero-order chi connectivity index (χ0) is 16.5. The highest BCUT2D eigenvalue weighted by atomic mass is 32.2. The number of ketones is 1. The van der Waals surface area contributed by atoms with Crippen molar-refractivity contribution in [3.63, 3.8) is 0 Å². The van der Waals surface area contributed by atoms with Gasteiger partial charge in [0.2, 0.25) is 0 Å². The molecular weight excluding hydrogens is 323 g/mol. The summed E-state index contributed by atoms with van der Waals surface area (Å²) in [5, 5.41) is 0.0583. The van der Waals surface area contributed by atoms with Crippen molar-refractivity contribution >= 4 is 26.8 Å². The average Bonchev–Trinajstić information content (AvgIpc) is 2.44. The van der Waals surface area contributed by atoms with E-state index in [0.717, 1.165) is 6.07 Å². The highest BCUT2D eigenvalue weighted by molar-refractivity contribution is 7.88. The molecule has 2 aromatic rings. The van der Waals surface area contributed by atoms with Gasteiger partial charge in [-0.15, -0.1) is 0 Å². The predicted molar refractivity (Wildman–Crippen MR) is 72.0 cm³/mol. The van der Waals surface area contributed by atoms with Crippen LogP contribution in [-0.4, -0.2) is 24.7 Å². The molecule has 0 amide bonds. The van der Waals surface area contributed by atoms with Crippen molar-refractivity contribution < 1.29 is 30.6 Å². The number of para-hydroxylation sites is 1. The van der Waals surface area contributed by atoms with E-state index in [-0.39, 0.29) is 23.0 Å². The summed E-state index contributed by atoms with van der Waals surface area (Å²) < 4.78 is 63.8. The Morgan fingerprint density at radius 3 is 2.50 bits per heavy atom. The zero-order valence-corrected chi connectivity index (χ0v) is 12.0. The lowest BCUT2D eigenvalue weighted by Gasteiger charge is -2.12. The van der Waals surface area contributed by atoms with Crippen molar-refractivity contribution in [1.82, 2.24) is 4.98 Å². The van der Waals surface area contributed by atoms with Gasteiger partial charge < -0.3 is 4.18 Å². The fourth-order valence-corrected chi connectivity index (χ4v) is 2.17. The minimum atomic E-state index is -5.83. The summed E-state index contributed by atoms with van der Waals surface area (Å²) in [6, 6.07) is 6.73. The quantitative estimate of drug-likeness (QED) is 0.488. The van der Waals surface area contributed by atoms with E-state index in [1.54, 1.807) is 13.0 Å². The maximum atomic E-state index is 12.4. The number of pyridine rings is 1. The molecule has 0 aliphatic rings. The lowest BCUT2D eigenvalue weighted by atomic mass is 10.1. The summed E-state index contributed by atoms with van der Waals surface area (Å²) >= 11 is 0. The summed E-state index contributed by atoms with van der Waals surface area (Å²) in [7, 11) is -5.83. The Morgan fingerprint density at radius 2 is 1.91 bits per heavy atom. The maximum absolute atomic E-state index is 12.4. The third-order valence-corrected chi connectivity index (χ3v) is 3.73. The van der Waals surface area contributed by atoms with Gasteiger partial charge in [0.1, 0.15) is 5.69 Å². The Balaban J connectivity index is 2.64. The van der Waals surface area contributed by atoms with Crippen LogP contribution >= 0.6 is 0 Å². The topological polar surface area (TPSA) is 73.3 Å². The van der Waals surface area contributed by atoms with Crippen LogP contribution in [0, 0.1) is 0 Å². The summed E-state index contributed by atoms with van der Waals surface area (Å²) in [5.41, 5.74) is -5.56. The lowest BCUT2D eigenvalue weighted by molar-refractivity contribution is -0.0499. The van der Waals surface area contributed by atoms with Gasteiger partial charge in [0.15, 0.2) is 11.5 Å². The second kappa shape index (κ2) is 5.56. The highest BCUT2D eigenvalue weighted by Gasteiger charge is 2.48. The molecule has 0 radical (unpaired) electrons. The van der Waals surface area contributed by atoms with Gasteiger partial charge in [-0.3, -0.25) is 4.79 Å². The Kier molecular flexibility index (Phi) is 4.10. The number of fused-ring (bicyclic) bond motifs is 1. The van der Waals surface area contributed by atoms with Gasteiger partial charge >= 0.3 is 15.6 Å². The molecule has 5 nitrogen and oxygen atoms in total. The number of aromatic nitrogens is 1. The number of rotatable bonds is 4. The molecule has 0 aliphatic carbocycles. The number of hydrogen-bond donors (Lipinski definition) is 0. The molecule has 0 saturated heterocycles. The Bertz CT molecular complexity index is 831. The molecule has 0 unspecified atom stereocenters. The van der Waals surface area contributed by atoms with E-state index in [1.807, 2.05) is 0 Å². The molecule has 0 aliphatic heterocycles. The van der Waals surface area contributed by atoms with E-state index in [4.69, 9.17) is 0 Å². The number of alkyl halides is 3. The number of benzene rings is 1. The molecule has 1 heterocycles. The molecule has 0 fully saturated rings. The van der Waals surface area contributed by atoms with Crippen molar-refractivity contribution in [1.29, 1.82) is 0 Å². The van der Waals surface area contributed by atoms with Gasteiger partial charge in [-0.25, -0.2) is 4.98 Å². The molecule has 0 atom stereocenters. The van der Waals surface area contributed by atoms with Gasteiger partial charge in [0.25, 0.3) is 0 Å². The zero-order valence-electron chi connectivity index (χ0n) is 11.2. The standard InChI is InChI=1S/C13H10F3NO4S/c1-2-11(18)10-7-12(21-22(19,20)13(14,15)16)8-5-3-4-6-9(8)17-10/h3-7H,2H2,1H3. The Labute approximate surface area is 123 Å². The van der Waals surface area contributed by atoms with Crippen molar-refractivity contribution in [3.8, 4) is 5.75 Å². The second-order valence-corrected chi connectivity index (χ2v) is 5.82. The van der Waals surface area contributed by atoms with Gasteiger partial charge in [-0.1, -0.05) is 19.1 Å². The molecular formula is C13H10F3NO4S. The van der Waals surface area contributed by atoms with Crippen molar-refractivity contribution in [2.75, 3.05) is 0 Å². The van der Waals surface area contributed by atoms with Crippen molar-refractivity contribution in [3.05, 3.63) is 36.0 Å². The normalized spacial score (nSPS) is 12.4. The third kappa shape index (κ3) is 3.03. The molecule has 22 heavy (non-hydrogen) atoms. The smallest absolute Gasteiger partial charge is 0.375 e. The first-order valence-corrected chi connectivity index (χ1v) is 7.50. The van der Waals surface area contributed by atoms with Crippen LogP contribution in [-0.2, 0) is 10.1 Å². The minimum Gasteiger partial charge on any atom is -0.375 e. The van der Waals surface area contributed by atoms with E-state index in [2.05, 4.69) is 9.17 Å². The predicted octanol–water partition coefficient (Wildman–Crippen LogP) is 3.06. The van der Waals surface area contributed by atoms with Crippen LogP contribution in [0.5, 0.6) is 5.75 Å². The van der Waals surface area contributed by atoms with Crippen LogP contribution in [0.2, 0.25) is 0 Å². The average molecular weight is 333 g/mol. The molecule has 0 bridgehead atoms. The Morgan fingerprint density at radius 1 is 1.27 bits per heavy atom. The van der Waals surface area contributed by atoms with Crippen LogP contribution < -0.4 is 4.18 Å². The number of halogens is 3. The van der Waals surface area contributed by atoms with E-state index in [0.29, 0.717) is 0 Å². The van der Waals surface area contributed by atoms with Crippen LogP contribution in [0.15, 0.2) is 30.3 Å². The van der Waals surface area contributed by atoms with Gasteiger partial charge in [0.05, 0.1) is 5.52 Å². The van der Waals surface area contributed by atoms with Crippen molar-refractivity contribution in [2.24, 2.45) is 0 Å². The van der Waals surface area contributed by atoms with Crippen LogP contribution in [0.4, 0.5) is 13.2 Å². The highest BCUT2D eigenvalue weighted by Crippen LogP contribution is 2.32. The van der Waals surface area contributed by atoms with E-state index in [1.165, 1.54) is 18.2 Å². The minimum absolute atomic E-state index is 0.0583. The fourth-order valence-electron chi connectivity index (χ4n) is 1.70. The molecule has 0 N–H and O–H groups in total. The molecule has 1 aromatic carbocycles. The van der Waals surface area contributed by atoms with Gasteiger partial charge in [-0.05, 0) is 12.1 Å². The monoisotopic (exact) mass is 333 g/mol. The second-order valence-electron chi connectivity index (χ2n) is 4.28. The van der Waals surface area contributed by atoms with E-state index >= 15 is 0 Å². The fraction of sp³-hybridized carbons (Fsp3) is 0.231. The van der Waals surface area contributed by atoms with Gasteiger partial charge in [0, 0.05) is 17.9 Å². The molecule has 9 heteroatoms.